The van der Waals surface area contributed by atoms with Crippen molar-refractivity contribution in [2.75, 3.05) is 12.4 Å². The molecule has 156 valence electrons. The highest BCUT2D eigenvalue weighted by Crippen LogP contribution is 2.27. The summed E-state index contributed by atoms with van der Waals surface area (Å²) in [7, 11) is 1.52. The number of para-hydroxylation sites is 2. The first-order valence-corrected chi connectivity index (χ1v) is 10.5. The quantitative estimate of drug-likeness (QED) is 0.365. The fourth-order valence-corrected chi connectivity index (χ4v) is 3.75. The van der Waals surface area contributed by atoms with E-state index in [-0.39, 0.29) is 24.1 Å². The monoisotopic (exact) mass is 497 g/mol. The molecule has 1 amide bonds. The largest absolute Gasteiger partial charge is 0.495 e. The number of carbonyl (C=O) groups excluding carboxylic acids is 2. The lowest BCUT2D eigenvalue weighted by Crippen LogP contribution is -2.22. The van der Waals surface area contributed by atoms with Crippen LogP contribution < -0.4 is 10.1 Å². The van der Waals surface area contributed by atoms with Crippen LogP contribution in [0.15, 0.2) is 71.2 Å². The molecule has 3 aromatic carbocycles. The Morgan fingerprint density at radius 3 is 2.55 bits per heavy atom. The van der Waals surface area contributed by atoms with Crippen molar-refractivity contribution in [2.24, 2.45) is 0 Å². The first kappa shape index (κ1) is 21.1. The Balaban J connectivity index is 1.65. The molecule has 0 radical (unpaired) electrons. The molecule has 0 spiro atoms. The molecule has 4 aromatic rings. The van der Waals surface area contributed by atoms with E-state index >= 15 is 0 Å². The van der Waals surface area contributed by atoms with Crippen LogP contribution in [0, 0.1) is 0 Å². The van der Waals surface area contributed by atoms with Gasteiger partial charge in [-0.2, -0.15) is 0 Å². The van der Waals surface area contributed by atoms with Crippen molar-refractivity contribution in [3.63, 3.8) is 0 Å². The molecule has 8 heteroatoms. The van der Waals surface area contributed by atoms with E-state index in [1.54, 1.807) is 47.0 Å². The number of aromatic nitrogens is 2. The molecule has 0 aliphatic carbocycles. The zero-order valence-corrected chi connectivity index (χ0v) is 18.8. The number of methoxy groups -OCH3 is 1. The molecular weight excluding hydrogens is 482 g/mol. The van der Waals surface area contributed by atoms with Gasteiger partial charge in [-0.15, -0.1) is 0 Å². The maximum atomic E-state index is 13.1. The van der Waals surface area contributed by atoms with Crippen molar-refractivity contribution in [2.45, 2.75) is 6.54 Å². The van der Waals surface area contributed by atoms with Gasteiger partial charge < -0.3 is 14.6 Å². The number of amides is 1. The zero-order chi connectivity index (χ0) is 22.0. The Kier molecular flexibility index (Phi) is 6.06. The Morgan fingerprint density at radius 1 is 1.10 bits per heavy atom. The Labute approximate surface area is 191 Å². The third-order valence-corrected chi connectivity index (χ3v) is 5.53. The summed E-state index contributed by atoms with van der Waals surface area (Å²) >= 11 is 9.51. The number of nitrogens with one attached hydrogen (secondary N) is 1. The van der Waals surface area contributed by atoms with Crippen molar-refractivity contribution in [3.8, 4) is 5.75 Å². The minimum atomic E-state index is -0.311. The van der Waals surface area contributed by atoms with Crippen molar-refractivity contribution in [1.29, 1.82) is 0 Å². The van der Waals surface area contributed by atoms with Crippen LogP contribution in [0.5, 0.6) is 5.75 Å². The van der Waals surface area contributed by atoms with Crippen LogP contribution in [0.1, 0.15) is 16.2 Å². The molecular formula is C23H17BrClN3O3. The first-order chi connectivity index (χ1) is 15.0. The summed E-state index contributed by atoms with van der Waals surface area (Å²) < 4.78 is 7.63. The van der Waals surface area contributed by atoms with Crippen LogP contribution >= 0.6 is 27.5 Å². The fraction of sp³-hybridized carbons (Fsp3) is 0.0870. The van der Waals surface area contributed by atoms with Crippen molar-refractivity contribution >= 4 is 55.9 Å². The van der Waals surface area contributed by atoms with Crippen molar-refractivity contribution in [3.05, 3.63) is 87.6 Å². The number of carbonyl (C=O) groups is 2. The van der Waals surface area contributed by atoms with Gasteiger partial charge >= 0.3 is 0 Å². The van der Waals surface area contributed by atoms with Gasteiger partial charge in [0, 0.05) is 15.7 Å². The number of nitrogens with zero attached hydrogens (tertiary/aromatic N) is 2. The lowest BCUT2D eigenvalue weighted by atomic mass is 10.1. The molecule has 0 saturated carbocycles. The van der Waals surface area contributed by atoms with E-state index in [9.17, 15) is 9.59 Å². The molecule has 0 fully saturated rings. The summed E-state index contributed by atoms with van der Waals surface area (Å²) in [5.74, 6) is 0.146. The summed E-state index contributed by atoms with van der Waals surface area (Å²) in [4.78, 5) is 30.4. The normalized spacial score (nSPS) is 10.8. The minimum absolute atomic E-state index is 0.0816. The van der Waals surface area contributed by atoms with E-state index in [4.69, 9.17) is 16.3 Å². The number of hydrogen-bond acceptors (Lipinski definition) is 4. The number of benzene rings is 3. The Hall–Kier alpha value is -3.16. The topological polar surface area (TPSA) is 73.2 Å². The van der Waals surface area contributed by atoms with Gasteiger partial charge in [0.1, 0.15) is 12.3 Å². The summed E-state index contributed by atoms with van der Waals surface area (Å²) in [5, 5.41) is 3.19. The Bertz CT molecular complexity index is 1290. The number of rotatable bonds is 6. The third-order valence-electron chi connectivity index (χ3n) is 4.70. The number of fused-ring (bicyclic) bond motifs is 1. The van der Waals surface area contributed by atoms with Crippen LogP contribution in [0.3, 0.4) is 0 Å². The molecule has 31 heavy (non-hydrogen) atoms. The highest BCUT2D eigenvalue weighted by Gasteiger charge is 2.21. The molecule has 0 unspecified atom stereocenters. The average molecular weight is 499 g/mol. The molecule has 0 aliphatic rings. The highest BCUT2D eigenvalue weighted by atomic mass is 79.9. The van der Waals surface area contributed by atoms with Gasteiger partial charge in [0.05, 0.1) is 23.2 Å². The third kappa shape index (κ3) is 4.47. The lowest BCUT2D eigenvalue weighted by Gasteiger charge is -2.11. The lowest BCUT2D eigenvalue weighted by molar-refractivity contribution is -0.116. The van der Waals surface area contributed by atoms with E-state index in [1.165, 1.54) is 7.11 Å². The number of ketones is 1. The summed E-state index contributed by atoms with van der Waals surface area (Å²) in [6.07, 6.45) is 0. The molecule has 0 aliphatic heterocycles. The molecule has 0 saturated heterocycles. The van der Waals surface area contributed by atoms with Crippen molar-refractivity contribution in [1.82, 2.24) is 9.55 Å². The molecule has 0 bridgehead atoms. The highest BCUT2D eigenvalue weighted by molar-refractivity contribution is 9.10. The van der Waals surface area contributed by atoms with Crippen LogP contribution in [0.4, 0.5) is 5.69 Å². The molecule has 1 aromatic heterocycles. The van der Waals surface area contributed by atoms with Gasteiger partial charge in [-0.25, -0.2) is 4.98 Å². The van der Waals surface area contributed by atoms with Crippen molar-refractivity contribution < 1.29 is 14.3 Å². The number of ether oxygens (including phenoxy) is 1. The predicted molar refractivity (Wildman–Crippen MR) is 124 cm³/mol. The SMILES string of the molecule is COc1ccc(NC(=O)Cn2c(C(=O)c3ccc(Br)cc3)nc3ccccc32)cc1Cl. The van der Waals surface area contributed by atoms with E-state index < -0.39 is 0 Å². The van der Waals surface area contributed by atoms with Gasteiger partial charge in [-0.05, 0) is 54.6 Å². The maximum absolute atomic E-state index is 13.1. The summed E-state index contributed by atoms with van der Waals surface area (Å²) in [6.45, 7) is -0.0816. The first-order valence-electron chi connectivity index (χ1n) is 9.35. The standard InChI is InChI=1S/C23H17BrClN3O3/c1-31-20-11-10-16(12-17(20)25)26-21(29)13-28-19-5-3-2-4-18(19)27-23(28)22(30)14-6-8-15(24)9-7-14/h2-12H,13H2,1H3,(H,26,29). The van der Waals surface area contributed by atoms with Gasteiger partial charge in [0.25, 0.3) is 0 Å². The summed E-state index contributed by atoms with van der Waals surface area (Å²) in [5.41, 5.74) is 2.36. The van der Waals surface area contributed by atoms with E-state index in [0.717, 1.165) is 4.47 Å². The molecule has 1 heterocycles. The molecule has 6 nitrogen and oxygen atoms in total. The second-order valence-corrected chi connectivity index (χ2v) is 8.07. The Morgan fingerprint density at radius 2 is 1.84 bits per heavy atom. The number of hydrogen-bond donors (Lipinski definition) is 1. The summed E-state index contributed by atoms with van der Waals surface area (Å²) in [6, 6.07) is 19.3. The average Bonchev–Trinajstić information content (AvgIpc) is 3.12. The fourth-order valence-electron chi connectivity index (χ4n) is 3.23. The molecule has 1 N–H and O–H groups in total. The van der Waals surface area contributed by atoms with Crippen LogP contribution in [-0.2, 0) is 11.3 Å². The van der Waals surface area contributed by atoms with Gasteiger partial charge in [-0.1, -0.05) is 39.7 Å². The number of anilines is 1. The van der Waals surface area contributed by atoms with Crippen LogP contribution in [0.25, 0.3) is 11.0 Å². The predicted octanol–water partition coefficient (Wildman–Crippen LogP) is 5.33. The van der Waals surface area contributed by atoms with E-state index in [1.807, 2.05) is 24.3 Å². The molecule has 0 atom stereocenters. The second kappa shape index (κ2) is 8.91. The van der Waals surface area contributed by atoms with Crippen LogP contribution in [0.2, 0.25) is 5.02 Å². The van der Waals surface area contributed by atoms with Gasteiger partial charge in [0.15, 0.2) is 5.82 Å². The van der Waals surface area contributed by atoms with Crippen LogP contribution in [-0.4, -0.2) is 28.4 Å². The smallest absolute Gasteiger partial charge is 0.244 e. The van der Waals surface area contributed by atoms with Gasteiger partial charge in [0.2, 0.25) is 11.7 Å². The zero-order valence-electron chi connectivity index (χ0n) is 16.4. The number of imidazole rings is 1. The minimum Gasteiger partial charge on any atom is -0.495 e. The second-order valence-electron chi connectivity index (χ2n) is 6.74. The molecule has 4 rings (SSSR count). The van der Waals surface area contributed by atoms with E-state index in [2.05, 4.69) is 26.2 Å². The van der Waals surface area contributed by atoms with Gasteiger partial charge in [-0.3, -0.25) is 9.59 Å². The van der Waals surface area contributed by atoms with E-state index in [0.29, 0.717) is 33.1 Å². The maximum Gasteiger partial charge on any atom is 0.244 e. The number of halogens is 2.